The molecule has 1 aromatic rings. The first-order chi connectivity index (χ1) is 9.70. The van der Waals surface area contributed by atoms with Gasteiger partial charge in [0.25, 0.3) is 0 Å². The van der Waals surface area contributed by atoms with E-state index in [4.69, 9.17) is 10.8 Å². The van der Waals surface area contributed by atoms with Gasteiger partial charge in [-0.3, -0.25) is 0 Å². The van der Waals surface area contributed by atoms with Crippen LogP contribution in [0.3, 0.4) is 0 Å². The standard InChI is InChI=1S/C14H17F3N2O2/c1-8-6-10(7-11(12(8)18)13(20)21)19-4-2-9(3-5-19)14(15,16)17/h6-7,9H,2-5,18H2,1H3,(H,20,21). The Kier molecular flexibility index (Phi) is 4.02. The maximum Gasteiger partial charge on any atom is 0.391 e. The fraction of sp³-hybridized carbons (Fsp3) is 0.500. The lowest BCUT2D eigenvalue weighted by Crippen LogP contribution is -2.39. The van der Waals surface area contributed by atoms with Crippen molar-refractivity contribution in [3.8, 4) is 0 Å². The second-order valence-corrected chi connectivity index (χ2v) is 5.33. The minimum Gasteiger partial charge on any atom is -0.478 e. The molecule has 0 amide bonds. The molecule has 2 rings (SSSR count). The fourth-order valence-corrected chi connectivity index (χ4v) is 2.60. The molecule has 0 aromatic heterocycles. The summed E-state index contributed by atoms with van der Waals surface area (Å²) in [6.07, 6.45) is -4.11. The van der Waals surface area contributed by atoms with Gasteiger partial charge in [-0.1, -0.05) is 0 Å². The van der Waals surface area contributed by atoms with Gasteiger partial charge in [0.15, 0.2) is 0 Å². The summed E-state index contributed by atoms with van der Waals surface area (Å²) < 4.78 is 37.9. The molecule has 0 aliphatic carbocycles. The zero-order valence-electron chi connectivity index (χ0n) is 11.6. The third kappa shape index (κ3) is 3.22. The summed E-state index contributed by atoms with van der Waals surface area (Å²) in [6, 6.07) is 3.15. The van der Waals surface area contributed by atoms with Crippen LogP contribution >= 0.6 is 0 Å². The average Bonchev–Trinajstić information content (AvgIpc) is 2.40. The molecule has 1 fully saturated rings. The lowest BCUT2D eigenvalue weighted by molar-refractivity contribution is -0.179. The van der Waals surface area contributed by atoms with Crippen LogP contribution in [-0.4, -0.2) is 30.3 Å². The number of piperidine rings is 1. The summed E-state index contributed by atoms with van der Waals surface area (Å²) in [5.41, 5.74) is 7.12. The van der Waals surface area contributed by atoms with Crippen LogP contribution in [0.4, 0.5) is 24.5 Å². The number of aromatic carboxylic acids is 1. The Morgan fingerprint density at radius 1 is 1.33 bits per heavy atom. The topological polar surface area (TPSA) is 66.6 Å². The van der Waals surface area contributed by atoms with Gasteiger partial charge in [-0.2, -0.15) is 13.2 Å². The normalized spacial score (nSPS) is 17.0. The molecule has 3 N–H and O–H groups in total. The average molecular weight is 302 g/mol. The van der Waals surface area contributed by atoms with Crippen molar-refractivity contribution >= 4 is 17.3 Å². The summed E-state index contributed by atoms with van der Waals surface area (Å²) in [5, 5.41) is 9.11. The molecule has 116 valence electrons. The second-order valence-electron chi connectivity index (χ2n) is 5.33. The molecule has 7 heteroatoms. The van der Waals surface area contributed by atoms with Crippen molar-refractivity contribution in [1.29, 1.82) is 0 Å². The van der Waals surface area contributed by atoms with E-state index >= 15 is 0 Å². The van der Waals surface area contributed by atoms with Gasteiger partial charge in [-0.15, -0.1) is 0 Å². The number of carboxylic acids is 1. The number of nitrogens with zero attached hydrogens (tertiary/aromatic N) is 1. The predicted octanol–water partition coefficient (Wildman–Crippen LogP) is 3.05. The molecule has 1 aliphatic rings. The van der Waals surface area contributed by atoms with E-state index in [0.717, 1.165) is 0 Å². The number of carbonyl (C=O) groups is 1. The molecule has 1 heterocycles. The SMILES string of the molecule is Cc1cc(N2CCC(C(F)(F)F)CC2)cc(C(=O)O)c1N. The zero-order valence-corrected chi connectivity index (χ0v) is 11.6. The minimum absolute atomic E-state index is 0.0112. The molecule has 0 bridgehead atoms. The lowest BCUT2D eigenvalue weighted by atomic mass is 9.95. The minimum atomic E-state index is -4.16. The van der Waals surface area contributed by atoms with Crippen LogP contribution in [0.2, 0.25) is 0 Å². The number of alkyl halides is 3. The first-order valence-electron chi connectivity index (χ1n) is 6.65. The summed E-state index contributed by atoms with van der Waals surface area (Å²) in [7, 11) is 0. The Hall–Kier alpha value is -1.92. The van der Waals surface area contributed by atoms with Crippen molar-refractivity contribution in [1.82, 2.24) is 0 Å². The third-order valence-electron chi connectivity index (χ3n) is 3.93. The number of benzene rings is 1. The highest BCUT2D eigenvalue weighted by Gasteiger charge is 2.41. The number of hydrogen-bond acceptors (Lipinski definition) is 3. The Labute approximate surface area is 120 Å². The van der Waals surface area contributed by atoms with Crippen LogP contribution in [-0.2, 0) is 0 Å². The molecular formula is C14H17F3N2O2. The third-order valence-corrected chi connectivity index (χ3v) is 3.93. The van der Waals surface area contributed by atoms with Crippen LogP contribution in [0.25, 0.3) is 0 Å². The van der Waals surface area contributed by atoms with E-state index in [1.165, 1.54) is 6.07 Å². The first-order valence-corrected chi connectivity index (χ1v) is 6.65. The molecule has 1 aliphatic heterocycles. The van der Waals surface area contributed by atoms with E-state index in [1.54, 1.807) is 17.9 Å². The van der Waals surface area contributed by atoms with Crippen molar-refractivity contribution in [2.24, 2.45) is 5.92 Å². The van der Waals surface area contributed by atoms with Crippen LogP contribution in [0.5, 0.6) is 0 Å². The van der Waals surface area contributed by atoms with Crippen LogP contribution < -0.4 is 10.6 Å². The van der Waals surface area contributed by atoms with Gasteiger partial charge in [-0.25, -0.2) is 4.79 Å². The van der Waals surface area contributed by atoms with Gasteiger partial charge < -0.3 is 15.7 Å². The van der Waals surface area contributed by atoms with Gasteiger partial charge >= 0.3 is 12.1 Å². The van der Waals surface area contributed by atoms with Crippen LogP contribution in [0.1, 0.15) is 28.8 Å². The first kappa shape index (κ1) is 15.5. The summed E-state index contributed by atoms with van der Waals surface area (Å²) in [5.74, 6) is -2.41. The summed E-state index contributed by atoms with van der Waals surface area (Å²) in [4.78, 5) is 12.9. The Bertz CT molecular complexity index is 550. The number of anilines is 2. The Morgan fingerprint density at radius 2 is 1.90 bits per heavy atom. The molecule has 0 radical (unpaired) electrons. The Balaban J connectivity index is 2.19. The molecule has 0 saturated carbocycles. The van der Waals surface area contributed by atoms with Crippen LogP contribution in [0, 0.1) is 12.8 Å². The van der Waals surface area contributed by atoms with Gasteiger partial charge in [0.05, 0.1) is 11.5 Å². The maximum atomic E-state index is 12.6. The Morgan fingerprint density at radius 3 is 2.38 bits per heavy atom. The highest BCUT2D eigenvalue weighted by atomic mass is 19.4. The van der Waals surface area contributed by atoms with E-state index in [1.807, 2.05) is 0 Å². The van der Waals surface area contributed by atoms with Crippen LogP contribution in [0.15, 0.2) is 12.1 Å². The largest absolute Gasteiger partial charge is 0.478 e. The van der Waals surface area contributed by atoms with Gasteiger partial charge in [0.1, 0.15) is 0 Å². The maximum absolute atomic E-state index is 12.6. The van der Waals surface area contributed by atoms with Gasteiger partial charge in [-0.05, 0) is 37.5 Å². The predicted molar refractivity (Wildman–Crippen MR) is 73.5 cm³/mol. The van der Waals surface area contributed by atoms with E-state index < -0.39 is 18.1 Å². The quantitative estimate of drug-likeness (QED) is 0.824. The number of halogens is 3. The highest BCUT2D eigenvalue weighted by molar-refractivity contribution is 5.95. The molecule has 0 atom stereocenters. The van der Waals surface area contributed by atoms with Gasteiger partial charge in [0.2, 0.25) is 0 Å². The number of nitrogens with two attached hydrogens (primary N) is 1. The van der Waals surface area contributed by atoms with Crippen molar-refractivity contribution in [3.63, 3.8) is 0 Å². The molecule has 4 nitrogen and oxygen atoms in total. The highest BCUT2D eigenvalue weighted by Crippen LogP contribution is 2.36. The summed E-state index contributed by atoms with van der Waals surface area (Å²) >= 11 is 0. The monoisotopic (exact) mass is 302 g/mol. The molecule has 1 saturated heterocycles. The molecule has 0 spiro atoms. The molecule has 21 heavy (non-hydrogen) atoms. The van der Waals surface area contributed by atoms with Gasteiger partial charge in [0, 0.05) is 24.5 Å². The van der Waals surface area contributed by atoms with E-state index in [9.17, 15) is 18.0 Å². The van der Waals surface area contributed by atoms with E-state index in [-0.39, 0.29) is 37.2 Å². The zero-order chi connectivity index (χ0) is 15.8. The van der Waals surface area contributed by atoms with E-state index in [0.29, 0.717) is 11.3 Å². The number of nitrogen functional groups attached to an aromatic ring is 1. The molecular weight excluding hydrogens is 285 g/mol. The van der Waals surface area contributed by atoms with Crippen molar-refractivity contribution < 1.29 is 23.1 Å². The van der Waals surface area contributed by atoms with E-state index in [2.05, 4.69) is 0 Å². The lowest BCUT2D eigenvalue weighted by Gasteiger charge is -2.34. The number of carboxylic acid groups (broad SMARTS) is 1. The second kappa shape index (κ2) is 5.46. The van der Waals surface area contributed by atoms with Crippen molar-refractivity contribution in [2.75, 3.05) is 23.7 Å². The van der Waals surface area contributed by atoms with Crippen molar-refractivity contribution in [2.45, 2.75) is 25.9 Å². The number of rotatable bonds is 2. The smallest absolute Gasteiger partial charge is 0.391 e. The van der Waals surface area contributed by atoms with Crippen molar-refractivity contribution in [3.05, 3.63) is 23.3 Å². The molecule has 1 aromatic carbocycles. The molecule has 0 unspecified atom stereocenters. The number of hydrogen-bond donors (Lipinski definition) is 2. The summed E-state index contributed by atoms with van der Waals surface area (Å²) in [6.45, 7) is 2.20. The number of aryl methyl sites for hydroxylation is 1. The fourth-order valence-electron chi connectivity index (χ4n) is 2.60.